The van der Waals surface area contributed by atoms with Crippen molar-refractivity contribution in [1.29, 1.82) is 0 Å². The van der Waals surface area contributed by atoms with Crippen molar-refractivity contribution in [1.82, 2.24) is 0 Å². The van der Waals surface area contributed by atoms with Crippen LogP contribution >= 0.6 is 0 Å². The summed E-state index contributed by atoms with van der Waals surface area (Å²) in [6.07, 6.45) is 12.3. The minimum Gasteiger partial charge on any atom is -0.462 e. The van der Waals surface area contributed by atoms with Gasteiger partial charge in [0.25, 0.3) is 0 Å². The fourth-order valence-electron chi connectivity index (χ4n) is 10.6. The number of esters is 1. The molecule has 0 heterocycles. The highest BCUT2D eigenvalue weighted by atomic mass is 16.5. The van der Waals surface area contributed by atoms with Gasteiger partial charge in [0.2, 0.25) is 0 Å². The van der Waals surface area contributed by atoms with Crippen LogP contribution in [0.1, 0.15) is 120 Å². The summed E-state index contributed by atoms with van der Waals surface area (Å²) in [6, 6.07) is 0. The van der Waals surface area contributed by atoms with E-state index in [-0.39, 0.29) is 23.6 Å². The second-order valence-corrected chi connectivity index (χ2v) is 14.4. The van der Waals surface area contributed by atoms with Crippen molar-refractivity contribution in [2.45, 2.75) is 132 Å². The molecule has 34 heavy (non-hydrogen) atoms. The highest BCUT2D eigenvalue weighted by Crippen LogP contribution is 2.73. The first kappa shape index (κ1) is 26.5. The summed E-state index contributed by atoms with van der Waals surface area (Å²) in [6.45, 7) is 18.5. The monoisotopic (exact) mass is 474 g/mol. The van der Waals surface area contributed by atoms with Crippen LogP contribution in [0.2, 0.25) is 0 Å². The average Bonchev–Trinajstić information content (AvgIpc) is 3.01. The number of hydrogen-bond donors (Lipinski definition) is 1. The van der Waals surface area contributed by atoms with Crippen molar-refractivity contribution in [2.75, 3.05) is 0 Å². The van der Waals surface area contributed by atoms with Crippen molar-refractivity contribution < 1.29 is 14.6 Å². The number of carbonyl (C=O) groups is 1. The summed E-state index contributed by atoms with van der Waals surface area (Å²) in [7, 11) is 0. The van der Waals surface area contributed by atoms with Gasteiger partial charge in [-0.15, -0.1) is 0 Å². The lowest BCUT2D eigenvalue weighted by molar-refractivity contribution is -0.211. The van der Waals surface area contributed by atoms with E-state index < -0.39 is 0 Å². The van der Waals surface area contributed by atoms with Crippen LogP contribution in [0.25, 0.3) is 0 Å². The fraction of sp³-hybridized carbons (Fsp3) is 0.968. The van der Waals surface area contributed by atoms with E-state index in [1.807, 2.05) is 0 Å². The van der Waals surface area contributed by atoms with E-state index in [2.05, 4.69) is 48.5 Å². The Hall–Kier alpha value is -0.570. The van der Waals surface area contributed by atoms with Crippen LogP contribution in [0, 0.1) is 57.7 Å². The quantitative estimate of drug-likeness (QED) is 0.402. The minimum absolute atomic E-state index is 0.0189. The van der Waals surface area contributed by atoms with E-state index >= 15 is 0 Å². The highest BCUT2D eigenvalue weighted by molar-refractivity contribution is 5.66. The van der Waals surface area contributed by atoms with Gasteiger partial charge >= 0.3 is 5.97 Å². The Bertz CT molecular complexity index is 747. The second kappa shape index (κ2) is 9.38. The molecule has 4 aliphatic carbocycles. The standard InChI is InChI=1S/C31H54O3/c1-19(2)27(34-22(5)32)14-11-21(4)24-15-17-30(7)25-13-12-23-20(3)10-9-16-29(23,6)28(25)26(33)18-31(24,30)8/h19-21,23-28,33H,9-18H2,1-8H3. The molecule has 0 bridgehead atoms. The van der Waals surface area contributed by atoms with Crippen LogP contribution in [0.15, 0.2) is 0 Å². The first-order valence-corrected chi connectivity index (χ1v) is 14.7. The zero-order valence-corrected chi connectivity index (χ0v) is 23.5. The van der Waals surface area contributed by atoms with Gasteiger partial charge in [-0.2, -0.15) is 0 Å². The van der Waals surface area contributed by atoms with Gasteiger partial charge in [0.1, 0.15) is 6.10 Å². The van der Waals surface area contributed by atoms with E-state index in [1.165, 1.54) is 51.9 Å². The molecule has 4 fully saturated rings. The average molecular weight is 475 g/mol. The number of fused-ring (bicyclic) bond motifs is 5. The molecule has 0 amide bonds. The van der Waals surface area contributed by atoms with Gasteiger partial charge < -0.3 is 9.84 Å². The number of carbonyl (C=O) groups excluding carboxylic acids is 1. The molecule has 4 rings (SSSR count). The molecule has 0 spiro atoms. The van der Waals surface area contributed by atoms with Crippen molar-refractivity contribution in [3.8, 4) is 0 Å². The molecule has 0 aromatic rings. The maximum Gasteiger partial charge on any atom is 0.302 e. The van der Waals surface area contributed by atoms with Crippen molar-refractivity contribution >= 4 is 5.97 Å². The third-order valence-corrected chi connectivity index (χ3v) is 12.5. The number of ether oxygens (including phenoxy) is 1. The molecule has 4 aliphatic rings. The van der Waals surface area contributed by atoms with Crippen LogP contribution in [0.4, 0.5) is 0 Å². The Balaban J connectivity index is 1.54. The molecule has 0 aromatic carbocycles. The molecule has 0 radical (unpaired) electrons. The Kier molecular flexibility index (Phi) is 7.31. The predicted molar refractivity (Wildman–Crippen MR) is 139 cm³/mol. The summed E-state index contributed by atoms with van der Waals surface area (Å²) in [5, 5.41) is 11.9. The highest BCUT2D eigenvalue weighted by Gasteiger charge is 2.68. The summed E-state index contributed by atoms with van der Waals surface area (Å²) >= 11 is 0. The molecular weight excluding hydrogens is 420 g/mol. The number of aliphatic hydroxyl groups is 1. The predicted octanol–water partition coefficient (Wildman–Crippen LogP) is 7.65. The molecular formula is C31H54O3. The van der Waals surface area contributed by atoms with Gasteiger partial charge in [-0.3, -0.25) is 4.79 Å². The van der Waals surface area contributed by atoms with Gasteiger partial charge in [-0.05, 0) is 109 Å². The SMILES string of the molecule is CC(=O)OC(CCC(C)C1CCC2(C)C3CCC4C(C)CCCC4(C)C3C(O)CC12C)C(C)C. The lowest BCUT2D eigenvalue weighted by Crippen LogP contribution is -2.63. The van der Waals surface area contributed by atoms with Crippen molar-refractivity contribution in [3.05, 3.63) is 0 Å². The van der Waals surface area contributed by atoms with E-state index in [9.17, 15) is 9.90 Å². The third-order valence-electron chi connectivity index (χ3n) is 12.5. The zero-order chi connectivity index (χ0) is 25.1. The maximum atomic E-state index is 11.9. The second-order valence-electron chi connectivity index (χ2n) is 14.4. The van der Waals surface area contributed by atoms with Gasteiger partial charge in [0.15, 0.2) is 0 Å². The molecule has 0 aliphatic heterocycles. The van der Waals surface area contributed by atoms with E-state index in [0.717, 1.165) is 31.1 Å². The first-order valence-electron chi connectivity index (χ1n) is 14.7. The van der Waals surface area contributed by atoms with E-state index in [4.69, 9.17) is 4.74 Å². The topological polar surface area (TPSA) is 46.5 Å². The number of hydrogen-bond acceptors (Lipinski definition) is 3. The minimum atomic E-state index is -0.158. The normalized spacial score (nSPS) is 47.9. The molecule has 3 nitrogen and oxygen atoms in total. The lowest BCUT2D eigenvalue weighted by atomic mass is 9.39. The molecule has 11 atom stereocenters. The Morgan fingerprint density at radius 2 is 1.65 bits per heavy atom. The molecule has 0 aromatic heterocycles. The van der Waals surface area contributed by atoms with E-state index in [1.54, 1.807) is 0 Å². The van der Waals surface area contributed by atoms with E-state index in [0.29, 0.717) is 40.4 Å². The van der Waals surface area contributed by atoms with Crippen LogP contribution in [0.5, 0.6) is 0 Å². The molecule has 3 heteroatoms. The van der Waals surface area contributed by atoms with Gasteiger partial charge in [-0.1, -0.05) is 61.3 Å². The summed E-state index contributed by atoms with van der Waals surface area (Å²) in [4.78, 5) is 11.6. The van der Waals surface area contributed by atoms with Gasteiger partial charge in [0.05, 0.1) is 6.10 Å². The Labute approximate surface area is 210 Å². The molecule has 196 valence electrons. The summed E-state index contributed by atoms with van der Waals surface area (Å²) in [5.41, 5.74) is 0.853. The van der Waals surface area contributed by atoms with Gasteiger partial charge in [0, 0.05) is 6.92 Å². The Morgan fingerprint density at radius 3 is 2.29 bits per heavy atom. The Morgan fingerprint density at radius 1 is 0.971 bits per heavy atom. The van der Waals surface area contributed by atoms with Crippen LogP contribution in [0.3, 0.4) is 0 Å². The maximum absolute atomic E-state index is 11.9. The third kappa shape index (κ3) is 4.08. The summed E-state index contributed by atoms with van der Waals surface area (Å²) < 4.78 is 5.66. The molecule has 4 saturated carbocycles. The van der Waals surface area contributed by atoms with Crippen molar-refractivity contribution in [2.24, 2.45) is 57.7 Å². The van der Waals surface area contributed by atoms with Crippen LogP contribution in [-0.4, -0.2) is 23.3 Å². The lowest BCUT2D eigenvalue weighted by Gasteiger charge is -2.66. The molecule has 1 N–H and O–H groups in total. The molecule has 0 saturated heterocycles. The largest absolute Gasteiger partial charge is 0.462 e. The smallest absolute Gasteiger partial charge is 0.302 e. The number of aliphatic hydroxyl groups excluding tert-OH is 1. The van der Waals surface area contributed by atoms with Crippen molar-refractivity contribution in [3.63, 3.8) is 0 Å². The first-order chi connectivity index (χ1) is 15.8. The van der Waals surface area contributed by atoms with Gasteiger partial charge in [-0.25, -0.2) is 0 Å². The summed E-state index contributed by atoms with van der Waals surface area (Å²) in [5.74, 6) is 4.19. The van der Waals surface area contributed by atoms with Crippen LogP contribution in [-0.2, 0) is 9.53 Å². The molecule has 11 unspecified atom stereocenters. The number of rotatable bonds is 6. The fourth-order valence-corrected chi connectivity index (χ4v) is 10.6. The zero-order valence-electron chi connectivity index (χ0n) is 23.5. The van der Waals surface area contributed by atoms with Crippen LogP contribution < -0.4 is 0 Å².